The molecule has 0 saturated heterocycles. The van der Waals surface area contributed by atoms with E-state index in [-0.39, 0.29) is 0 Å². The van der Waals surface area contributed by atoms with Gasteiger partial charge in [0.1, 0.15) is 11.5 Å². The van der Waals surface area contributed by atoms with Crippen LogP contribution in [0.1, 0.15) is 31.9 Å². The van der Waals surface area contributed by atoms with Crippen molar-refractivity contribution < 1.29 is 14.2 Å². The predicted octanol–water partition coefficient (Wildman–Crippen LogP) is 6.68. The largest absolute Gasteiger partial charge is 0.494 e. The van der Waals surface area contributed by atoms with Crippen LogP contribution < -0.4 is 9.47 Å². The van der Waals surface area contributed by atoms with Gasteiger partial charge in [-0.05, 0) is 73.9 Å². The molecule has 0 bridgehead atoms. The highest BCUT2D eigenvalue weighted by atomic mass is 16.5. The summed E-state index contributed by atoms with van der Waals surface area (Å²) in [5, 5.41) is 0. The molecule has 0 aromatic heterocycles. The lowest BCUT2D eigenvalue weighted by molar-refractivity contribution is 0.330. The first-order chi connectivity index (χ1) is 15.2. The van der Waals surface area contributed by atoms with Crippen molar-refractivity contribution >= 4 is 17.2 Å². The van der Waals surface area contributed by atoms with Crippen LogP contribution in [0, 0.1) is 0 Å². The molecule has 0 spiro atoms. The molecule has 0 fully saturated rings. The number of hydrogen-bond donors (Lipinski definition) is 0. The van der Waals surface area contributed by atoms with E-state index in [0.717, 1.165) is 33.9 Å². The fourth-order valence-electron chi connectivity index (χ4n) is 3.14. The van der Waals surface area contributed by atoms with E-state index in [4.69, 9.17) is 19.2 Å². The summed E-state index contributed by atoms with van der Waals surface area (Å²) in [6.07, 6.45) is 1.99. The predicted molar refractivity (Wildman–Crippen MR) is 127 cm³/mol. The second-order valence-corrected chi connectivity index (χ2v) is 6.69. The molecule has 0 heterocycles. The topological polar surface area (TPSA) is 40.0 Å². The average Bonchev–Trinajstić information content (AvgIpc) is 2.80. The zero-order chi connectivity index (χ0) is 21.9. The van der Waals surface area contributed by atoms with Gasteiger partial charge in [0.15, 0.2) is 0 Å². The molecule has 3 rings (SSSR count). The van der Waals surface area contributed by atoms with Crippen LogP contribution in [0.4, 0.5) is 5.69 Å². The molecule has 31 heavy (non-hydrogen) atoms. The number of ether oxygens (including phenoxy) is 3. The smallest absolute Gasteiger partial charge is 0.214 e. The Morgan fingerprint density at radius 3 is 1.65 bits per heavy atom. The standard InChI is InChI=1S/C27H29NO3/c1-4-29-24-16-12-21(13-17-24)26(22-14-18-25(19-15-22)30-5-2)20-27(31-6-3)28-23-10-8-7-9-11-23/h7-20H,4-6H2,1-3H3. The number of benzene rings is 3. The normalized spacial score (nSPS) is 11.0. The summed E-state index contributed by atoms with van der Waals surface area (Å²) in [5.41, 5.74) is 3.95. The molecule has 160 valence electrons. The highest BCUT2D eigenvalue weighted by Crippen LogP contribution is 2.28. The Hall–Kier alpha value is -3.53. The maximum Gasteiger partial charge on any atom is 0.214 e. The lowest BCUT2D eigenvalue weighted by Crippen LogP contribution is -2.03. The van der Waals surface area contributed by atoms with Crippen LogP contribution in [0.3, 0.4) is 0 Å². The zero-order valence-electron chi connectivity index (χ0n) is 18.4. The minimum absolute atomic E-state index is 0.530. The van der Waals surface area contributed by atoms with Crippen LogP contribution in [-0.2, 0) is 4.74 Å². The first-order valence-electron chi connectivity index (χ1n) is 10.7. The molecule has 4 heteroatoms. The van der Waals surface area contributed by atoms with Crippen molar-refractivity contribution in [3.8, 4) is 11.5 Å². The van der Waals surface area contributed by atoms with Crippen molar-refractivity contribution in [2.75, 3.05) is 19.8 Å². The summed E-state index contributed by atoms with van der Waals surface area (Å²) in [5.74, 6) is 2.26. The van der Waals surface area contributed by atoms with Gasteiger partial charge >= 0.3 is 0 Å². The van der Waals surface area contributed by atoms with Crippen molar-refractivity contribution in [1.29, 1.82) is 0 Å². The summed E-state index contributed by atoms with van der Waals surface area (Å²) in [7, 11) is 0. The molecule has 0 radical (unpaired) electrons. The van der Waals surface area contributed by atoms with Gasteiger partial charge in [-0.25, -0.2) is 4.99 Å². The molecule has 0 unspecified atom stereocenters. The molecule has 0 aliphatic rings. The Morgan fingerprint density at radius 1 is 0.677 bits per heavy atom. The van der Waals surface area contributed by atoms with Crippen LogP contribution in [0.2, 0.25) is 0 Å². The fourth-order valence-corrected chi connectivity index (χ4v) is 3.14. The van der Waals surface area contributed by atoms with E-state index < -0.39 is 0 Å². The van der Waals surface area contributed by atoms with Crippen LogP contribution in [0.25, 0.3) is 5.57 Å². The van der Waals surface area contributed by atoms with Crippen molar-refractivity contribution in [1.82, 2.24) is 0 Å². The first-order valence-corrected chi connectivity index (χ1v) is 10.7. The molecule has 4 nitrogen and oxygen atoms in total. The van der Waals surface area contributed by atoms with Crippen LogP contribution in [0.5, 0.6) is 11.5 Å². The van der Waals surface area contributed by atoms with E-state index in [0.29, 0.717) is 25.7 Å². The zero-order valence-corrected chi connectivity index (χ0v) is 18.4. The van der Waals surface area contributed by atoms with Gasteiger partial charge in [0, 0.05) is 6.08 Å². The summed E-state index contributed by atoms with van der Waals surface area (Å²) in [4.78, 5) is 4.70. The Bertz CT molecular complexity index is 939. The molecular weight excluding hydrogens is 386 g/mol. The van der Waals surface area contributed by atoms with Crippen LogP contribution in [-0.4, -0.2) is 25.7 Å². The molecule has 0 aliphatic carbocycles. The van der Waals surface area contributed by atoms with Gasteiger partial charge in [-0.3, -0.25) is 0 Å². The van der Waals surface area contributed by atoms with Gasteiger partial charge in [-0.15, -0.1) is 0 Å². The summed E-state index contributed by atoms with van der Waals surface area (Å²) >= 11 is 0. The van der Waals surface area contributed by atoms with Crippen molar-refractivity contribution in [3.63, 3.8) is 0 Å². The number of aliphatic imine (C=N–C) groups is 1. The Kier molecular flexibility index (Phi) is 8.29. The van der Waals surface area contributed by atoms with Gasteiger partial charge in [0.25, 0.3) is 0 Å². The SMILES string of the molecule is CCOC(C=C(c1ccc(OCC)cc1)c1ccc(OCC)cc1)=Nc1ccccc1. The molecule has 0 N–H and O–H groups in total. The third-order valence-corrected chi connectivity index (χ3v) is 4.51. The lowest BCUT2D eigenvalue weighted by Gasteiger charge is -2.12. The van der Waals surface area contributed by atoms with Gasteiger partial charge in [-0.2, -0.15) is 0 Å². The van der Waals surface area contributed by atoms with Gasteiger partial charge in [0.2, 0.25) is 5.90 Å². The molecule has 0 aliphatic heterocycles. The first kappa shape index (κ1) is 22.2. The quantitative estimate of drug-likeness (QED) is 0.289. The number of hydrogen-bond acceptors (Lipinski definition) is 4. The van der Waals surface area contributed by atoms with Gasteiger partial charge < -0.3 is 14.2 Å². The molecule has 0 saturated carbocycles. The number of rotatable bonds is 9. The molecular formula is C27H29NO3. The third kappa shape index (κ3) is 6.48. The second-order valence-electron chi connectivity index (χ2n) is 6.69. The molecule has 3 aromatic rings. The Balaban J connectivity index is 2.05. The summed E-state index contributed by atoms with van der Waals surface area (Å²) in [6, 6.07) is 26.0. The number of nitrogens with zero attached hydrogens (tertiary/aromatic N) is 1. The van der Waals surface area contributed by atoms with E-state index in [1.54, 1.807) is 0 Å². The van der Waals surface area contributed by atoms with E-state index >= 15 is 0 Å². The molecule has 0 amide bonds. The fraction of sp³-hybridized carbons (Fsp3) is 0.222. The number of para-hydroxylation sites is 1. The Labute approximate surface area is 184 Å². The maximum absolute atomic E-state index is 5.87. The lowest BCUT2D eigenvalue weighted by atomic mass is 9.97. The monoisotopic (exact) mass is 415 g/mol. The van der Waals surface area contributed by atoms with Crippen molar-refractivity contribution in [2.45, 2.75) is 20.8 Å². The summed E-state index contributed by atoms with van der Waals surface area (Å²) in [6.45, 7) is 7.73. The van der Waals surface area contributed by atoms with Crippen LogP contribution in [0.15, 0.2) is 89.9 Å². The molecule has 3 aromatic carbocycles. The highest BCUT2D eigenvalue weighted by Gasteiger charge is 2.09. The van der Waals surface area contributed by atoms with Gasteiger partial charge in [-0.1, -0.05) is 42.5 Å². The highest BCUT2D eigenvalue weighted by molar-refractivity contribution is 6.00. The van der Waals surface area contributed by atoms with E-state index in [9.17, 15) is 0 Å². The van der Waals surface area contributed by atoms with Crippen LogP contribution >= 0.6 is 0 Å². The average molecular weight is 416 g/mol. The summed E-state index contributed by atoms with van der Waals surface area (Å²) < 4.78 is 17.1. The minimum Gasteiger partial charge on any atom is -0.494 e. The minimum atomic E-state index is 0.530. The molecule has 0 atom stereocenters. The Morgan fingerprint density at radius 2 is 1.19 bits per heavy atom. The van der Waals surface area contributed by atoms with E-state index in [1.165, 1.54) is 0 Å². The van der Waals surface area contributed by atoms with Crippen molar-refractivity contribution in [3.05, 3.63) is 96.1 Å². The second kappa shape index (κ2) is 11.6. The maximum atomic E-state index is 5.87. The van der Waals surface area contributed by atoms with Gasteiger partial charge in [0.05, 0.1) is 25.5 Å². The van der Waals surface area contributed by atoms with E-state index in [1.807, 2.05) is 81.4 Å². The third-order valence-electron chi connectivity index (χ3n) is 4.51. The van der Waals surface area contributed by atoms with E-state index in [2.05, 4.69) is 24.3 Å². The van der Waals surface area contributed by atoms with Crippen molar-refractivity contribution in [2.24, 2.45) is 4.99 Å².